The Bertz CT molecular complexity index is 4080. The van der Waals surface area contributed by atoms with E-state index in [2.05, 4.69) is 264 Å². The van der Waals surface area contributed by atoms with Crippen molar-refractivity contribution in [3.63, 3.8) is 0 Å². The summed E-state index contributed by atoms with van der Waals surface area (Å²) in [5, 5.41) is 12.3. The normalized spacial score (nSPS) is 11.8. The van der Waals surface area contributed by atoms with Gasteiger partial charge in [-0.1, -0.05) is 200 Å². The third-order valence-corrected chi connectivity index (χ3v) is 14.3. The fraction of sp³-hybridized carbons (Fsp3) is 0. The quantitative estimate of drug-likeness (QED) is 0.147. The van der Waals surface area contributed by atoms with Crippen molar-refractivity contribution in [2.75, 3.05) is 0 Å². The molecule has 0 radical (unpaired) electrons. The van der Waals surface area contributed by atoms with Crippen LogP contribution in [-0.2, 0) is 0 Å². The van der Waals surface area contributed by atoms with Gasteiger partial charge in [-0.25, -0.2) is 0 Å². The number of benzene rings is 12. The maximum atomic E-state index is 2.51. The van der Waals surface area contributed by atoms with E-state index in [1.807, 2.05) is 0 Å². The van der Waals surface area contributed by atoms with Crippen LogP contribution in [0.15, 0.2) is 255 Å². The molecule has 0 spiro atoms. The Labute approximate surface area is 393 Å². The Morgan fingerprint density at radius 2 is 0.632 bits per heavy atom. The average Bonchev–Trinajstić information content (AvgIpc) is 3.94. The summed E-state index contributed by atoms with van der Waals surface area (Å²) in [5.74, 6) is 0. The second-order valence-electron chi connectivity index (χ2n) is 17.9. The predicted octanol–water partition coefficient (Wildman–Crippen LogP) is 18.0. The SMILES string of the molecule is c1ccc(-c2c(-c3c4cccc(-c5cccc6c5c5ccccc5n6-c5ccccc5)c4cc4c(-c5cccc6c5c5ccccc5n6-c5ccccc5)cccc34)ccc3ccccc23)cc1. The molecule has 2 aromatic heterocycles. The van der Waals surface area contributed by atoms with Gasteiger partial charge in [0.1, 0.15) is 0 Å². The van der Waals surface area contributed by atoms with Gasteiger partial charge < -0.3 is 9.13 Å². The Kier molecular flexibility index (Phi) is 8.62. The monoisotopic (exact) mass is 862 g/mol. The minimum Gasteiger partial charge on any atom is -0.309 e. The Balaban J connectivity index is 1.14. The smallest absolute Gasteiger partial charge is 0.0547 e. The minimum absolute atomic E-state index is 1.15. The van der Waals surface area contributed by atoms with Gasteiger partial charge in [-0.3, -0.25) is 0 Å². The summed E-state index contributed by atoms with van der Waals surface area (Å²) in [7, 11) is 0. The zero-order chi connectivity index (χ0) is 44.7. The zero-order valence-electron chi connectivity index (χ0n) is 37.1. The number of rotatable bonds is 6. The molecule has 0 aliphatic carbocycles. The molecule has 14 aromatic rings. The molecular formula is C66H42N2. The summed E-state index contributed by atoms with van der Waals surface area (Å²) >= 11 is 0. The molecule has 0 unspecified atom stereocenters. The van der Waals surface area contributed by atoms with Crippen molar-refractivity contribution in [1.82, 2.24) is 9.13 Å². The summed E-state index contributed by atoms with van der Waals surface area (Å²) in [6, 6.07) is 94.0. The highest BCUT2D eigenvalue weighted by Gasteiger charge is 2.24. The van der Waals surface area contributed by atoms with Gasteiger partial charge in [0.25, 0.3) is 0 Å². The third-order valence-electron chi connectivity index (χ3n) is 14.3. The van der Waals surface area contributed by atoms with E-state index in [4.69, 9.17) is 0 Å². The van der Waals surface area contributed by atoms with Crippen molar-refractivity contribution in [3.8, 4) is 55.9 Å². The van der Waals surface area contributed by atoms with E-state index in [0.29, 0.717) is 0 Å². The molecule has 0 amide bonds. The molecule has 14 rings (SSSR count). The number of para-hydroxylation sites is 4. The van der Waals surface area contributed by atoms with Gasteiger partial charge in [-0.2, -0.15) is 0 Å². The van der Waals surface area contributed by atoms with E-state index in [0.717, 1.165) is 11.4 Å². The fourth-order valence-corrected chi connectivity index (χ4v) is 11.5. The van der Waals surface area contributed by atoms with Crippen molar-refractivity contribution in [2.45, 2.75) is 0 Å². The van der Waals surface area contributed by atoms with Crippen LogP contribution in [0.1, 0.15) is 0 Å². The first-order valence-corrected chi connectivity index (χ1v) is 23.5. The fourth-order valence-electron chi connectivity index (χ4n) is 11.5. The molecular weight excluding hydrogens is 821 g/mol. The van der Waals surface area contributed by atoms with Gasteiger partial charge in [0.15, 0.2) is 0 Å². The lowest BCUT2D eigenvalue weighted by Crippen LogP contribution is -1.95. The second-order valence-corrected chi connectivity index (χ2v) is 17.9. The van der Waals surface area contributed by atoms with E-state index in [9.17, 15) is 0 Å². The van der Waals surface area contributed by atoms with Crippen molar-refractivity contribution in [2.24, 2.45) is 0 Å². The highest BCUT2D eigenvalue weighted by Crippen LogP contribution is 2.50. The van der Waals surface area contributed by atoms with Gasteiger partial charge in [-0.05, 0) is 131 Å². The van der Waals surface area contributed by atoms with E-state index in [1.165, 1.54) is 120 Å². The number of aromatic nitrogens is 2. The van der Waals surface area contributed by atoms with Gasteiger partial charge in [-0.15, -0.1) is 0 Å². The number of nitrogens with zero attached hydrogens (tertiary/aromatic N) is 2. The summed E-state index contributed by atoms with van der Waals surface area (Å²) in [6.07, 6.45) is 0. The third kappa shape index (κ3) is 5.71. The standard InChI is InChI=1S/C66H42N2/c1-4-21-44(22-5-1)63-47-27-11-10-20-43(47)40-41-56(63)64-52-32-16-30-48(50-34-18-38-61-65(50)54-28-12-14-36-59(54)67(61)45-23-6-2-7-24-45)57(52)42-58-49(31-17-33-53(58)64)51-35-19-39-62-66(51)55-29-13-15-37-60(55)68(62)46-25-8-3-9-26-46/h1-42H. The van der Waals surface area contributed by atoms with Crippen LogP contribution in [0.3, 0.4) is 0 Å². The molecule has 12 aromatic carbocycles. The number of hydrogen-bond donors (Lipinski definition) is 0. The van der Waals surface area contributed by atoms with Crippen molar-refractivity contribution < 1.29 is 0 Å². The summed E-state index contributed by atoms with van der Waals surface area (Å²) in [6.45, 7) is 0. The predicted molar refractivity (Wildman–Crippen MR) is 289 cm³/mol. The molecule has 316 valence electrons. The highest BCUT2D eigenvalue weighted by atomic mass is 15.0. The lowest BCUT2D eigenvalue weighted by molar-refractivity contribution is 1.18. The average molecular weight is 863 g/mol. The summed E-state index contributed by atoms with van der Waals surface area (Å²) in [5.41, 5.74) is 16.8. The molecule has 2 heteroatoms. The number of fused-ring (bicyclic) bond motifs is 9. The molecule has 0 atom stereocenters. The molecule has 2 nitrogen and oxygen atoms in total. The maximum absolute atomic E-state index is 2.51. The van der Waals surface area contributed by atoms with Crippen LogP contribution < -0.4 is 0 Å². The molecule has 0 N–H and O–H groups in total. The van der Waals surface area contributed by atoms with Crippen LogP contribution in [0.5, 0.6) is 0 Å². The van der Waals surface area contributed by atoms with E-state index in [-0.39, 0.29) is 0 Å². The Morgan fingerprint density at radius 1 is 0.221 bits per heavy atom. The lowest BCUT2D eigenvalue weighted by Gasteiger charge is -2.21. The van der Waals surface area contributed by atoms with Crippen molar-refractivity contribution >= 4 is 75.9 Å². The topological polar surface area (TPSA) is 9.86 Å². The highest BCUT2D eigenvalue weighted by molar-refractivity contribution is 6.26. The zero-order valence-corrected chi connectivity index (χ0v) is 37.1. The van der Waals surface area contributed by atoms with E-state index in [1.54, 1.807) is 0 Å². The molecule has 0 saturated carbocycles. The van der Waals surface area contributed by atoms with Gasteiger partial charge >= 0.3 is 0 Å². The molecule has 0 bridgehead atoms. The van der Waals surface area contributed by atoms with Crippen LogP contribution in [0.4, 0.5) is 0 Å². The van der Waals surface area contributed by atoms with Crippen LogP contribution in [0.2, 0.25) is 0 Å². The largest absolute Gasteiger partial charge is 0.309 e. The van der Waals surface area contributed by atoms with Crippen molar-refractivity contribution in [3.05, 3.63) is 255 Å². The first kappa shape index (κ1) is 38.3. The van der Waals surface area contributed by atoms with Crippen LogP contribution in [-0.4, -0.2) is 9.13 Å². The molecule has 2 heterocycles. The molecule has 0 aliphatic rings. The summed E-state index contributed by atoms with van der Waals surface area (Å²) < 4.78 is 4.85. The minimum atomic E-state index is 1.15. The van der Waals surface area contributed by atoms with E-state index < -0.39 is 0 Å². The lowest BCUT2D eigenvalue weighted by atomic mass is 9.82. The second kappa shape index (κ2) is 15.3. The Morgan fingerprint density at radius 3 is 1.18 bits per heavy atom. The first-order chi connectivity index (χ1) is 33.8. The maximum Gasteiger partial charge on any atom is 0.0547 e. The summed E-state index contributed by atoms with van der Waals surface area (Å²) in [4.78, 5) is 0. The van der Waals surface area contributed by atoms with Crippen LogP contribution >= 0.6 is 0 Å². The van der Waals surface area contributed by atoms with Gasteiger partial charge in [0.05, 0.1) is 22.1 Å². The van der Waals surface area contributed by atoms with Gasteiger partial charge in [0, 0.05) is 32.9 Å². The molecule has 0 saturated heterocycles. The first-order valence-electron chi connectivity index (χ1n) is 23.5. The van der Waals surface area contributed by atoms with Crippen molar-refractivity contribution in [1.29, 1.82) is 0 Å². The van der Waals surface area contributed by atoms with E-state index >= 15 is 0 Å². The molecule has 68 heavy (non-hydrogen) atoms. The van der Waals surface area contributed by atoms with Crippen LogP contribution in [0.25, 0.3) is 132 Å². The van der Waals surface area contributed by atoms with Gasteiger partial charge in [0.2, 0.25) is 0 Å². The molecule has 0 fully saturated rings. The Hall–Kier alpha value is -8.98. The number of hydrogen-bond acceptors (Lipinski definition) is 0. The molecule has 0 aliphatic heterocycles. The van der Waals surface area contributed by atoms with Crippen LogP contribution in [0, 0.1) is 0 Å².